The topological polar surface area (TPSA) is 80.3 Å². The summed E-state index contributed by atoms with van der Waals surface area (Å²) in [5.74, 6) is -0.781. The van der Waals surface area contributed by atoms with Gasteiger partial charge in [0.1, 0.15) is 0 Å². The van der Waals surface area contributed by atoms with E-state index in [1.54, 1.807) is 12.1 Å². The van der Waals surface area contributed by atoms with E-state index in [-0.39, 0.29) is 38.3 Å². The van der Waals surface area contributed by atoms with E-state index in [0.29, 0.717) is 0 Å². The Morgan fingerprint density at radius 2 is 1.59 bits per heavy atom. The third-order valence-corrected chi connectivity index (χ3v) is 7.49. The largest absolute Gasteiger partial charge is 0.345 e. The first-order chi connectivity index (χ1) is 13.8. The molecule has 0 saturated carbocycles. The molecule has 0 saturated heterocycles. The van der Waals surface area contributed by atoms with E-state index in [2.05, 4.69) is 21.2 Å². The number of hydrogen-bond acceptors (Lipinski definition) is 4. The fourth-order valence-corrected chi connectivity index (χ4v) is 5.72. The Morgan fingerprint density at radius 1 is 0.931 bits per heavy atom. The minimum absolute atomic E-state index is 0.0309. The maximum Gasteiger partial charge on any atom is 0.251 e. The van der Waals surface area contributed by atoms with E-state index in [0.717, 1.165) is 10.0 Å². The molecule has 3 aromatic rings. The Morgan fingerprint density at radius 3 is 2.34 bits per heavy atom. The van der Waals surface area contributed by atoms with Gasteiger partial charge < -0.3 is 5.32 Å². The van der Waals surface area contributed by atoms with Gasteiger partial charge >= 0.3 is 0 Å². The van der Waals surface area contributed by atoms with Crippen LogP contribution in [0.15, 0.2) is 81.0 Å². The van der Waals surface area contributed by atoms with Crippen LogP contribution in [0.5, 0.6) is 0 Å². The third kappa shape index (κ3) is 3.30. The number of rotatable bonds is 3. The zero-order valence-corrected chi connectivity index (χ0v) is 17.7. The molecule has 1 amide bonds. The fourth-order valence-electron chi connectivity index (χ4n) is 3.41. The van der Waals surface area contributed by atoms with Crippen LogP contribution in [-0.4, -0.2) is 20.1 Å². The molecule has 29 heavy (non-hydrogen) atoms. The van der Waals surface area contributed by atoms with Crippen LogP contribution in [0.25, 0.3) is 0 Å². The smallest absolute Gasteiger partial charge is 0.251 e. The quantitative estimate of drug-likeness (QED) is 0.484. The molecular formula is C22H16BrNO4S. The molecule has 5 nitrogen and oxygen atoms in total. The lowest BCUT2D eigenvalue weighted by Gasteiger charge is -2.20. The molecule has 1 N–H and O–H groups in total. The second-order valence-corrected chi connectivity index (χ2v) is 9.50. The van der Waals surface area contributed by atoms with Crippen molar-refractivity contribution in [2.24, 2.45) is 0 Å². The van der Waals surface area contributed by atoms with Gasteiger partial charge in [-0.2, -0.15) is 0 Å². The molecule has 0 radical (unpaired) electrons. The molecule has 1 aliphatic heterocycles. The third-order valence-electron chi connectivity index (χ3n) is 4.92. The molecule has 4 rings (SSSR count). The number of sulfone groups is 1. The van der Waals surface area contributed by atoms with Crippen molar-refractivity contribution in [3.8, 4) is 0 Å². The highest BCUT2D eigenvalue weighted by atomic mass is 79.9. The van der Waals surface area contributed by atoms with Crippen LogP contribution in [0, 0.1) is 0 Å². The molecule has 1 unspecified atom stereocenters. The summed E-state index contributed by atoms with van der Waals surface area (Å²) < 4.78 is 26.9. The van der Waals surface area contributed by atoms with Gasteiger partial charge in [0.25, 0.3) is 5.91 Å². The number of carbonyl (C=O) groups is 2. The summed E-state index contributed by atoms with van der Waals surface area (Å²) in [5.41, 5.74) is 1.31. The summed E-state index contributed by atoms with van der Waals surface area (Å²) in [6.07, 6.45) is 0. The molecule has 0 aliphatic carbocycles. The molecule has 7 heteroatoms. The Labute approximate surface area is 176 Å². The molecule has 0 fully saturated rings. The summed E-state index contributed by atoms with van der Waals surface area (Å²) in [4.78, 5) is 25.3. The summed E-state index contributed by atoms with van der Waals surface area (Å²) in [5, 5.41) is 2.87. The minimum atomic E-state index is -3.89. The molecule has 0 spiro atoms. The van der Waals surface area contributed by atoms with Gasteiger partial charge in [-0.25, -0.2) is 8.42 Å². The Bertz CT molecular complexity index is 1270. The second-order valence-electron chi connectivity index (χ2n) is 6.76. The lowest BCUT2D eigenvalue weighted by atomic mass is 10.0. The van der Waals surface area contributed by atoms with Gasteiger partial charge in [0.15, 0.2) is 5.78 Å². The van der Waals surface area contributed by atoms with Crippen LogP contribution < -0.4 is 5.32 Å². The molecule has 1 aliphatic rings. The lowest BCUT2D eigenvalue weighted by Crippen LogP contribution is -2.28. The molecular weight excluding hydrogens is 454 g/mol. The monoisotopic (exact) mass is 469 g/mol. The van der Waals surface area contributed by atoms with Gasteiger partial charge in [0, 0.05) is 21.2 Å². The first-order valence-corrected chi connectivity index (χ1v) is 11.2. The first kappa shape index (κ1) is 19.5. The number of benzene rings is 3. The van der Waals surface area contributed by atoms with Crippen molar-refractivity contribution in [3.05, 3.63) is 93.5 Å². The van der Waals surface area contributed by atoms with Crippen LogP contribution in [-0.2, 0) is 9.84 Å². The van der Waals surface area contributed by atoms with Crippen molar-refractivity contribution >= 4 is 37.5 Å². The van der Waals surface area contributed by atoms with Crippen molar-refractivity contribution in [3.63, 3.8) is 0 Å². The van der Waals surface area contributed by atoms with Crippen molar-refractivity contribution in [1.29, 1.82) is 0 Å². The standard InChI is InChI=1S/C22H16BrNO4S/c1-13(15-6-2-4-8-18(15)23)24-22(26)14-10-11-17-20(12-14)29(27,28)19-9-5-3-7-16(19)21(17)25/h2-13H,1H3,(H,24,26). The zero-order chi connectivity index (χ0) is 20.8. The van der Waals surface area contributed by atoms with Gasteiger partial charge in [0.2, 0.25) is 9.84 Å². The molecule has 0 bridgehead atoms. The number of amides is 1. The van der Waals surface area contributed by atoms with E-state index < -0.39 is 15.7 Å². The van der Waals surface area contributed by atoms with E-state index in [4.69, 9.17) is 0 Å². The van der Waals surface area contributed by atoms with Crippen LogP contribution in [0.3, 0.4) is 0 Å². The maximum atomic E-state index is 13.0. The van der Waals surface area contributed by atoms with Crippen LogP contribution in [0.1, 0.15) is 44.8 Å². The number of halogens is 1. The number of fused-ring (bicyclic) bond motifs is 2. The van der Waals surface area contributed by atoms with Crippen LogP contribution in [0.2, 0.25) is 0 Å². The summed E-state index contributed by atoms with van der Waals surface area (Å²) in [6, 6.07) is 17.5. The summed E-state index contributed by atoms with van der Waals surface area (Å²) in [7, 11) is -3.89. The highest BCUT2D eigenvalue weighted by molar-refractivity contribution is 9.10. The van der Waals surface area contributed by atoms with Crippen LogP contribution in [0.4, 0.5) is 0 Å². The van der Waals surface area contributed by atoms with Crippen molar-refractivity contribution in [1.82, 2.24) is 5.32 Å². The molecule has 3 aromatic carbocycles. The van der Waals surface area contributed by atoms with Gasteiger partial charge in [-0.05, 0) is 48.9 Å². The average Bonchev–Trinajstić information content (AvgIpc) is 2.72. The van der Waals surface area contributed by atoms with Crippen molar-refractivity contribution in [2.45, 2.75) is 22.8 Å². The maximum absolute atomic E-state index is 13.0. The molecule has 1 atom stereocenters. The van der Waals surface area contributed by atoms with Crippen molar-refractivity contribution < 1.29 is 18.0 Å². The average molecular weight is 470 g/mol. The first-order valence-electron chi connectivity index (χ1n) is 8.89. The lowest BCUT2D eigenvalue weighted by molar-refractivity contribution is 0.0938. The number of nitrogens with one attached hydrogen (secondary N) is 1. The normalized spacial score (nSPS) is 15.2. The summed E-state index contributed by atoms with van der Waals surface area (Å²) >= 11 is 3.46. The number of hydrogen-bond donors (Lipinski definition) is 1. The summed E-state index contributed by atoms with van der Waals surface area (Å²) in [6.45, 7) is 1.84. The van der Waals surface area contributed by atoms with E-state index in [1.807, 2.05) is 31.2 Å². The van der Waals surface area contributed by atoms with E-state index >= 15 is 0 Å². The number of ketones is 1. The Balaban J connectivity index is 1.70. The van der Waals surface area contributed by atoms with Gasteiger partial charge in [-0.1, -0.05) is 46.3 Å². The molecule has 146 valence electrons. The Hall–Kier alpha value is -2.77. The predicted molar refractivity (Wildman–Crippen MR) is 112 cm³/mol. The van der Waals surface area contributed by atoms with Crippen molar-refractivity contribution in [2.75, 3.05) is 0 Å². The zero-order valence-electron chi connectivity index (χ0n) is 15.3. The SMILES string of the molecule is CC(NC(=O)c1ccc2c(c1)S(=O)(=O)c1ccccc1C2=O)c1ccccc1Br. The van der Waals surface area contributed by atoms with Gasteiger partial charge in [-0.3, -0.25) is 9.59 Å². The fraction of sp³-hybridized carbons (Fsp3) is 0.0909. The van der Waals surface area contributed by atoms with Gasteiger partial charge in [-0.15, -0.1) is 0 Å². The molecule has 1 heterocycles. The van der Waals surface area contributed by atoms with Crippen LogP contribution >= 0.6 is 15.9 Å². The Kier molecular flexibility index (Phi) is 4.88. The minimum Gasteiger partial charge on any atom is -0.345 e. The second kappa shape index (κ2) is 7.24. The predicted octanol–water partition coefficient (Wildman–Crippen LogP) is 4.32. The van der Waals surface area contributed by atoms with Gasteiger partial charge in [0.05, 0.1) is 15.8 Å². The molecule has 0 aromatic heterocycles. The van der Waals surface area contributed by atoms with E-state index in [9.17, 15) is 18.0 Å². The highest BCUT2D eigenvalue weighted by Crippen LogP contribution is 2.35. The van der Waals surface area contributed by atoms with E-state index in [1.165, 1.54) is 30.3 Å². The number of carbonyl (C=O) groups excluding carboxylic acids is 2. The highest BCUT2D eigenvalue weighted by Gasteiger charge is 2.35.